The molecule has 0 radical (unpaired) electrons. The van der Waals surface area contributed by atoms with E-state index < -0.39 is 12.8 Å². The van der Waals surface area contributed by atoms with Crippen LogP contribution in [-0.4, -0.2) is 35.8 Å². The van der Waals surface area contributed by atoms with E-state index in [1.165, 1.54) is 23.9 Å². The Balaban J connectivity index is 1.35. The number of nitrogens with zero attached hydrogens (tertiary/aromatic N) is 3. The van der Waals surface area contributed by atoms with Crippen molar-refractivity contribution in [3.8, 4) is 17.4 Å². The highest BCUT2D eigenvalue weighted by Gasteiger charge is 2.28. The Labute approximate surface area is 184 Å². The Morgan fingerprint density at radius 3 is 2.50 bits per heavy atom. The number of anilines is 1. The molecule has 0 unspecified atom stereocenters. The number of ether oxygens (including phenoxy) is 2. The quantitative estimate of drug-likeness (QED) is 0.477. The average molecular weight is 441 g/mol. The molecule has 0 saturated carbocycles. The van der Waals surface area contributed by atoms with Crippen LogP contribution in [0.2, 0.25) is 0 Å². The lowest BCUT2D eigenvalue weighted by molar-refractivity contribution is -0.153. The van der Waals surface area contributed by atoms with Gasteiger partial charge in [-0.25, -0.2) is 4.98 Å². The Morgan fingerprint density at radius 1 is 0.969 bits per heavy atom. The lowest BCUT2D eigenvalue weighted by Gasteiger charge is -2.30. The molecule has 0 atom stereocenters. The predicted octanol–water partition coefficient (Wildman–Crippen LogP) is 5.89. The standard InChI is InChI=1S/C24H22F3N3O2/c25-24(26,27)17-31-22-6-7-23(29-16-22)32-21-5-1-3-19(14-21)13-18-8-11-30(12-9-18)20-4-2-10-28-15-20/h1-7,10,13-16H,8-9,11-12,17H2. The molecular formula is C24H22F3N3O2. The molecule has 32 heavy (non-hydrogen) atoms. The second-order valence-corrected chi connectivity index (χ2v) is 7.41. The van der Waals surface area contributed by atoms with Crippen LogP contribution >= 0.6 is 0 Å². The topological polar surface area (TPSA) is 47.5 Å². The van der Waals surface area contributed by atoms with Gasteiger partial charge in [0.1, 0.15) is 11.5 Å². The van der Waals surface area contributed by atoms with Crippen molar-refractivity contribution in [2.45, 2.75) is 19.0 Å². The first kappa shape index (κ1) is 21.7. The van der Waals surface area contributed by atoms with E-state index in [1.54, 1.807) is 6.20 Å². The SMILES string of the molecule is FC(F)(F)COc1ccc(Oc2cccc(C=C3CCN(c4cccnc4)CC3)c2)nc1. The van der Waals surface area contributed by atoms with Crippen molar-refractivity contribution >= 4 is 11.8 Å². The fourth-order valence-corrected chi connectivity index (χ4v) is 3.44. The van der Waals surface area contributed by atoms with Crippen LogP contribution in [0.15, 0.2) is 72.7 Å². The van der Waals surface area contributed by atoms with Crippen molar-refractivity contribution in [3.05, 3.63) is 78.3 Å². The van der Waals surface area contributed by atoms with E-state index in [4.69, 9.17) is 4.74 Å². The third kappa shape index (κ3) is 6.23. The summed E-state index contributed by atoms with van der Waals surface area (Å²) in [7, 11) is 0. The molecule has 4 rings (SSSR count). The van der Waals surface area contributed by atoms with Crippen LogP contribution in [0.5, 0.6) is 17.4 Å². The zero-order valence-corrected chi connectivity index (χ0v) is 17.3. The molecule has 1 aliphatic rings. The summed E-state index contributed by atoms with van der Waals surface area (Å²) in [5.74, 6) is 0.910. The van der Waals surface area contributed by atoms with E-state index in [9.17, 15) is 13.2 Å². The summed E-state index contributed by atoms with van der Waals surface area (Å²) < 4.78 is 47.1. The zero-order valence-electron chi connectivity index (χ0n) is 17.3. The van der Waals surface area contributed by atoms with Crippen molar-refractivity contribution in [1.29, 1.82) is 0 Å². The van der Waals surface area contributed by atoms with Crippen molar-refractivity contribution in [3.63, 3.8) is 0 Å². The minimum absolute atomic E-state index is 0.0331. The van der Waals surface area contributed by atoms with Gasteiger partial charge in [0.2, 0.25) is 5.88 Å². The molecule has 0 bridgehead atoms. The van der Waals surface area contributed by atoms with E-state index >= 15 is 0 Å². The first-order valence-corrected chi connectivity index (χ1v) is 10.2. The van der Waals surface area contributed by atoms with Gasteiger partial charge in [-0.2, -0.15) is 13.2 Å². The van der Waals surface area contributed by atoms with Crippen molar-refractivity contribution in [2.75, 3.05) is 24.6 Å². The number of hydrogen-bond donors (Lipinski definition) is 0. The molecule has 0 aliphatic carbocycles. The van der Waals surface area contributed by atoms with Crippen LogP contribution in [0.1, 0.15) is 18.4 Å². The molecule has 0 N–H and O–H groups in total. The summed E-state index contributed by atoms with van der Waals surface area (Å²) >= 11 is 0. The van der Waals surface area contributed by atoms with E-state index in [1.807, 2.05) is 36.5 Å². The first-order valence-electron chi connectivity index (χ1n) is 10.2. The Bertz CT molecular complexity index is 1040. The van der Waals surface area contributed by atoms with Crippen LogP contribution < -0.4 is 14.4 Å². The maximum atomic E-state index is 12.2. The molecule has 1 saturated heterocycles. The van der Waals surface area contributed by atoms with E-state index in [-0.39, 0.29) is 11.6 Å². The highest BCUT2D eigenvalue weighted by molar-refractivity contribution is 5.56. The molecule has 5 nitrogen and oxygen atoms in total. The van der Waals surface area contributed by atoms with Crippen molar-refractivity contribution < 1.29 is 22.6 Å². The fourth-order valence-electron chi connectivity index (χ4n) is 3.44. The molecule has 0 amide bonds. The van der Waals surface area contributed by atoms with Gasteiger partial charge in [-0.3, -0.25) is 4.98 Å². The fraction of sp³-hybridized carbons (Fsp3) is 0.250. The lowest BCUT2D eigenvalue weighted by atomic mass is 10.0. The highest BCUT2D eigenvalue weighted by Crippen LogP contribution is 2.27. The van der Waals surface area contributed by atoms with Gasteiger partial charge in [0.15, 0.2) is 6.61 Å². The Hall–Kier alpha value is -3.55. The van der Waals surface area contributed by atoms with Gasteiger partial charge in [-0.05, 0) is 48.7 Å². The molecule has 1 aliphatic heterocycles. The number of benzene rings is 1. The van der Waals surface area contributed by atoms with Gasteiger partial charge in [0.05, 0.1) is 18.1 Å². The molecule has 2 aromatic heterocycles. The monoisotopic (exact) mass is 441 g/mol. The van der Waals surface area contributed by atoms with E-state index in [0.717, 1.165) is 37.2 Å². The highest BCUT2D eigenvalue weighted by atomic mass is 19.4. The smallest absolute Gasteiger partial charge is 0.422 e. The van der Waals surface area contributed by atoms with Gasteiger partial charge in [0.25, 0.3) is 0 Å². The zero-order chi connectivity index (χ0) is 22.4. The van der Waals surface area contributed by atoms with Crippen LogP contribution in [0.4, 0.5) is 18.9 Å². The van der Waals surface area contributed by atoms with Gasteiger partial charge in [-0.15, -0.1) is 0 Å². The maximum Gasteiger partial charge on any atom is 0.422 e. The van der Waals surface area contributed by atoms with Crippen LogP contribution in [-0.2, 0) is 0 Å². The summed E-state index contributed by atoms with van der Waals surface area (Å²) in [5.41, 5.74) is 3.54. The second kappa shape index (κ2) is 9.72. The van der Waals surface area contributed by atoms with Gasteiger partial charge >= 0.3 is 6.18 Å². The third-order valence-corrected chi connectivity index (χ3v) is 4.98. The second-order valence-electron chi connectivity index (χ2n) is 7.41. The molecule has 8 heteroatoms. The molecule has 3 heterocycles. The van der Waals surface area contributed by atoms with Crippen LogP contribution in [0.3, 0.4) is 0 Å². The number of hydrogen-bond acceptors (Lipinski definition) is 5. The van der Waals surface area contributed by atoms with Crippen LogP contribution in [0.25, 0.3) is 6.08 Å². The summed E-state index contributed by atoms with van der Waals surface area (Å²) in [5, 5.41) is 0. The number of aromatic nitrogens is 2. The summed E-state index contributed by atoms with van der Waals surface area (Å²) in [6, 6.07) is 14.5. The Morgan fingerprint density at radius 2 is 1.81 bits per heavy atom. The van der Waals surface area contributed by atoms with Gasteiger partial charge in [-0.1, -0.05) is 23.8 Å². The summed E-state index contributed by atoms with van der Waals surface area (Å²) in [6.45, 7) is 0.534. The van der Waals surface area contributed by atoms with Gasteiger partial charge in [0, 0.05) is 25.4 Å². The average Bonchev–Trinajstić information content (AvgIpc) is 2.79. The number of pyridine rings is 2. The third-order valence-electron chi connectivity index (χ3n) is 4.98. The van der Waals surface area contributed by atoms with E-state index in [0.29, 0.717) is 5.75 Å². The van der Waals surface area contributed by atoms with Gasteiger partial charge < -0.3 is 14.4 Å². The summed E-state index contributed by atoms with van der Waals surface area (Å²) in [6.07, 6.45) is 4.61. The predicted molar refractivity (Wildman–Crippen MR) is 116 cm³/mol. The molecule has 166 valence electrons. The van der Waals surface area contributed by atoms with Crippen molar-refractivity contribution in [2.24, 2.45) is 0 Å². The Kier molecular flexibility index (Phi) is 6.58. The number of piperidine rings is 1. The molecular weight excluding hydrogens is 419 g/mol. The normalized spacial score (nSPS) is 14.2. The van der Waals surface area contributed by atoms with Crippen molar-refractivity contribution in [1.82, 2.24) is 9.97 Å². The molecule has 1 fully saturated rings. The minimum Gasteiger partial charge on any atom is -0.483 e. The first-order chi connectivity index (χ1) is 15.4. The lowest BCUT2D eigenvalue weighted by Crippen LogP contribution is -2.30. The summed E-state index contributed by atoms with van der Waals surface area (Å²) in [4.78, 5) is 10.5. The number of rotatable bonds is 6. The molecule has 1 aromatic carbocycles. The number of halogens is 3. The number of alkyl halides is 3. The molecule has 0 spiro atoms. The van der Waals surface area contributed by atoms with Crippen LogP contribution in [0, 0.1) is 0 Å². The molecule has 3 aromatic rings. The maximum absolute atomic E-state index is 12.2. The van der Waals surface area contributed by atoms with E-state index in [2.05, 4.69) is 31.7 Å². The minimum atomic E-state index is -4.39. The largest absolute Gasteiger partial charge is 0.483 e.